The number of ether oxygens (including phenoxy) is 1. The summed E-state index contributed by atoms with van der Waals surface area (Å²) in [7, 11) is 1.33. The van der Waals surface area contributed by atoms with Crippen LogP contribution in [0.1, 0.15) is 29.9 Å². The Balaban J connectivity index is 1.73. The van der Waals surface area contributed by atoms with Gasteiger partial charge >= 0.3 is 18.0 Å². The molecule has 0 radical (unpaired) electrons. The molecule has 1 N–H and O–H groups in total. The number of methoxy groups -OCH3 is 1. The van der Waals surface area contributed by atoms with Crippen LogP contribution in [0.4, 0.5) is 13.2 Å². The summed E-state index contributed by atoms with van der Waals surface area (Å²) in [4.78, 5) is 40.0. The van der Waals surface area contributed by atoms with Crippen molar-refractivity contribution in [2.45, 2.75) is 26.1 Å². The van der Waals surface area contributed by atoms with Gasteiger partial charge in [0.2, 0.25) is 0 Å². The highest BCUT2D eigenvalue weighted by Gasteiger charge is 2.32. The maximum atomic E-state index is 13.0. The summed E-state index contributed by atoms with van der Waals surface area (Å²) in [6, 6.07) is 4.37. The van der Waals surface area contributed by atoms with Crippen molar-refractivity contribution >= 4 is 17.7 Å². The molecule has 33 heavy (non-hydrogen) atoms. The molecule has 1 aliphatic rings. The van der Waals surface area contributed by atoms with Gasteiger partial charge in [-0.1, -0.05) is 6.07 Å². The zero-order valence-electron chi connectivity index (χ0n) is 18.3. The summed E-state index contributed by atoms with van der Waals surface area (Å²) in [6.07, 6.45) is -3.19. The van der Waals surface area contributed by atoms with Gasteiger partial charge in [0.15, 0.2) is 11.4 Å². The molecule has 3 rings (SSSR count). The van der Waals surface area contributed by atoms with Crippen LogP contribution < -0.4 is 10.1 Å². The Hall–Kier alpha value is -3.57. The molecule has 1 aromatic heterocycles. The van der Waals surface area contributed by atoms with Gasteiger partial charge in [0, 0.05) is 32.2 Å². The molecule has 1 fully saturated rings. The number of hydrogen-bond donors (Lipinski definition) is 1. The van der Waals surface area contributed by atoms with Crippen molar-refractivity contribution < 1.29 is 32.3 Å². The molecule has 12 heteroatoms. The molecule has 0 aliphatic carbocycles. The summed E-state index contributed by atoms with van der Waals surface area (Å²) in [5, 5.41) is 6.69. The zero-order valence-corrected chi connectivity index (χ0v) is 18.3. The number of aromatic nitrogens is 2. The molecule has 1 aromatic carbocycles. The average molecular weight is 467 g/mol. The minimum Gasteiger partial charge on any atom is -0.493 e. The number of nitrogens with one attached hydrogen (secondary N) is 1. The Labute approximate surface area is 188 Å². The van der Waals surface area contributed by atoms with Gasteiger partial charge < -0.3 is 19.9 Å². The molecule has 0 spiro atoms. The van der Waals surface area contributed by atoms with Gasteiger partial charge in [-0.25, -0.2) is 4.68 Å². The fraction of sp³-hybridized carbons (Fsp3) is 0.429. The highest BCUT2D eigenvalue weighted by molar-refractivity contribution is 6.35. The van der Waals surface area contributed by atoms with E-state index in [9.17, 15) is 27.6 Å². The van der Waals surface area contributed by atoms with Crippen molar-refractivity contribution in [3.05, 3.63) is 41.7 Å². The molecule has 0 bridgehead atoms. The van der Waals surface area contributed by atoms with Crippen LogP contribution in [-0.4, -0.2) is 76.6 Å². The lowest BCUT2D eigenvalue weighted by atomic mass is 10.2. The number of benzene rings is 1. The molecule has 2 heterocycles. The smallest absolute Gasteiger partial charge is 0.416 e. The lowest BCUT2D eigenvalue weighted by Gasteiger charge is -2.34. The third-order valence-corrected chi connectivity index (χ3v) is 5.01. The molecule has 0 saturated carbocycles. The van der Waals surface area contributed by atoms with Gasteiger partial charge in [-0.15, -0.1) is 0 Å². The lowest BCUT2D eigenvalue weighted by Crippen LogP contribution is -2.54. The van der Waals surface area contributed by atoms with Crippen LogP contribution in [0.15, 0.2) is 30.5 Å². The van der Waals surface area contributed by atoms with E-state index in [4.69, 9.17) is 4.74 Å². The second kappa shape index (κ2) is 9.51. The minimum absolute atomic E-state index is 0.0627. The number of hydrogen-bond acceptors (Lipinski definition) is 5. The Kier molecular flexibility index (Phi) is 6.94. The van der Waals surface area contributed by atoms with E-state index in [0.717, 1.165) is 16.8 Å². The molecular weight excluding hydrogens is 443 g/mol. The number of amides is 3. The third-order valence-electron chi connectivity index (χ3n) is 5.01. The number of halogens is 3. The summed E-state index contributed by atoms with van der Waals surface area (Å²) >= 11 is 0. The first-order valence-corrected chi connectivity index (χ1v) is 10.2. The Morgan fingerprint density at radius 2 is 1.73 bits per heavy atom. The van der Waals surface area contributed by atoms with Crippen molar-refractivity contribution in [1.82, 2.24) is 24.9 Å². The van der Waals surface area contributed by atoms with Crippen molar-refractivity contribution in [1.29, 1.82) is 0 Å². The maximum Gasteiger partial charge on any atom is 0.416 e. The highest BCUT2D eigenvalue weighted by atomic mass is 19.4. The number of piperazine rings is 1. The van der Waals surface area contributed by atoms with Crippen LogP contribution in [0.25, 0.3) is 5.69 Å². The standard InChI is InChI=1S/C21H24F3N5O4/c1-13(2)25-18(30)20(32)28-9-7-27(8-10-28)19(31)17-16(33-3)12-29(26-17)15-6-4-5-14(11-15)21(22,23)24/h4-6,11-13H,7-10H2,1-3H3,(H,25,30). The van der Waals surface area contributed by atoms with E-state index in [2.05, 4.69) is 10.4 Å². The fourth-order valence-electron chi connectivity index (χ4n) is 3.34. The van der Waals surface area contributed by atoms with Crippen molar-refractivity contribution in [2.24, 2.45) is 0 Å². The predicted molar refractivity (Wildman–Crippen MR) is 111 cm³/mol. The number of carbonyl (C=O) groups excluding carboxylic acids is 3. The summed E-state index contributed by atoms with van der Waals surface area (Å²) in [6.45, 7) is 4.14. The van der Waals surface area contributed by atoms with Gasteiger partial charge in [-0.3, -0.25) is 14.4 Å². The van der Waals surface area contributed by atoms with Gasteiger partial charge in [0.05, 0.1) is 24.6 Å². The van der Waals surface area contributed by atoms with Crippen molar-refractivity contribution in [3.63, 3.8) is 0 Å². The first-order chi connectivity index (χ1) is 15.5. The maximum absolute atomic E-state index is 13.0. The predicted octanol–water partition coefficient (Wildman–Crippen LogP) is 1.71. The van der Waals surface area contributed by atoms with Crippen molar-refractivity contribution in [3.8, 4) is 11.4 Å². The van der Waals surface area contributed by atoms with E-state index in [1.807, 2.05) is 0 Å². The van der Waals surface area contributed by atoms with E-state index in [1.54, 1.807) is 13.8 Å². The van der Waals surface area contributed by atoms with Crippen LogP contribution in [-0.2, 0) is 15.8 Å². The molecular formula is C21H24F3N5O4. The summed E-state index contributed by atoms with van der Waals surface area (Å²) in [5.41, 5.74) is -0.786. The van der Waals surface area contributed by atoms with Gasteiger partial charge in [-0.2, -0.15) is 18.3 Å². The fourth-order valence-corrected chi connectivity index (χ4v) is 3.34. The number of alkyl halides is 3. The quantitative estimate of drug-likeness (QED) is 0.691. The lowest BCUT2D eigenvalue weighted by molar-refractivity contribution is -0.147. The number of rotatable bonds is 4. The molecule has 2 aromatic rings. The molecule has 1 saturated heterocycles. The van der Waals surface area contributed by atoms with E-state index < -0.39 is 29.5 Å². The summed E-state index contributed by atoms with van der Waals surface area (Å²) in [5.74, 6) is -1.75. The zero-order chi connectivity index (χ0) is 24.3. The van der Waals surface area contributed by atoms with Crippen LogP contribution in [0.3, 0.4) is 0 Å². The van der Waals surface area contributed by atoms with Gasteiger partial charge in [-0.05, 0) is 32.0 Å². The normalized spacial score (nSPS) is 14.4. The first kappa shape index (κ1) is 24.1. The first-order valence-electron chi connectivity index (χ1n) is 10.2. The highest BCUT2D eigenvalue weighted by Crippen LogP contribution is 2.31. The molecule has 9 nitrogen and oxygen atoms in total. The monoisotopic (exact) mass is 467 g/mol. The Bertz CT molecular complexity index is 1040. The largest absolute Gasteiger partial charge is 0.493 e. The second-order valence-electron chi connectivity index (χ2n) is 7.75. The topological polar surface area (TPSA) is 96.8 Å². The molecule has 0 unspecified atom stereocenters. The molecule has 1 aliphatic heterocycles. The van der Waals surface area contributed by atoms with Crippen molar-refractivity contribution in [2.75, 3.05) is 33.3 Å². The second-order valence-corrected chi connectivity index (χ2v) is 7.75. The Morgan fingerprint density at radius 1 is 1.09 bits per heavy atom. The SMILES string of the molecule is COc1cn(-c2cccc(C(F)(F)F)c2)nc1C(=O)N1CCN(C(=O)C(=O)NC(C)C)CC1. The minimum atomic E-state index is -4.52. The van der Waals surface area contributed by atoms with E-state index in [-0.39, 0.29) is 49.4 Å². The van der Waals surface area contributed by atoms with E-state index in [0.29, 0.717) is 0 Å². The van der Waals surface area contributed by atoms with Crippen LogP contribution >= 0.6 is 0 Å². The number of carbonyl (C=O) groups is 3. The third kappa shape index (κ3) is 5.44. The molecule has 3 amide bonds. The van der Waals surface area contributed by atoms with Crippen LogP contribution in [0.2, 0.25) is 0 Å². The van der Waals surface area contributed by atoms with Crippen LogP contribution in [0, 0.1) is 0 Å². The van der Waals surface area contributed by atoms with E-state index >= 15 is 0 Å². The molecule has 0 atom stereocenters. The summed E-state index contributed by atoms with van der Waals surface area (Å²) < 4.78 is 45.5. The van der Waals surface area contributed by atoms with Crippen LogP contribution in [0.5, 0.6) is 5.75 Å². The van der Waals surface area contributed by atoms with E-state index in [1.165, 1.54) is 35.2 Å². The number of nitrogens with zero attached hydrogens (tertiary/aromatic N) is 4. The Morgan fingerprint density at radius 3 is 2.30 bits per heavy atom. The molecule has 178 valence electrons. The van der Waals surface area contributed by atoms with Gasteiger partial charge in [0.1, 0.15) is 0 Å². The average Bonchev–Trinajstić information content (AvgIpc) is 3.22. The van der Waals surface area contributed by atoms with Gasteiger partial charge in [0.25, 0.3) is 5.91 Å².